The number of aryl methyl sites for hydroxylation is 2. The first-order valence-electron chi connectivity index (χ1n) is 10.9. The zero-order valence-corrected chi connectivity index (χ0v) is 21.7. The number of nitrogens with zero attached hydrogens (tertiary/aromatic N) is 3. The van der Waals surface area contributed by atoms with Gasteiger partial charge in [-0.1, -0.05) is 18.2 Å². The van der Waals surface area contributed by atoms with Crippen LogP contribution in [0.5, 0.6) is 11.5 Å². The van der Waals surface area contributed by atoms with Gasteiger partial charge >= 0.3 is 0 Å². The van der Waals surface area contributed by atoms with Gasteiger partial charge in [0.1, 0.15) is 5.82 Å². The number of rotatable bonds is 10. The van der Waals surface area contributed by atoms with Gasteiger partial charge in [-0.05, 0) is 57.0 Å². The van der Waals surface area contributed by atoms with Gasteiger partial charge in [-0.2, -0.15) is 0 Å². The first-order valence-corrected chi connectivity index (χ1v) is 10.9. The maximum absolute atomic E-state index is 5.59. The third-order valence-corrected chi connectivity index (χ3v) is 4.99. The number of para-hydroxylation sites is 2. The molecular formula is C24H34IN5O2. The number of hydrogen-bond acceptors (Lipinski definition) is 4. The van der Waals surface area contributed by atoms with Crippen molar-refractivity contribution in [1.29, 1.82) is 0 Å². The maximum Gasteiger partial charge on any atom is 0.191 e. The minimum absolute atomic E-state index is 0. The Morgan fingerprint density at radius 1 is 1.09 bits per heavy atom. The SMILES string of the molecule is CCNC(=NCc1ccc(OCC)c(OC)c1)NCCCn1c(C)nc2ccccc21.I. The van der Waals surface area contributed by atoms with Crippen LogP contribution in [-0.2, 0) is 13.1 Å². The molecule has 8 heteroatoms. The monoisotopic (exact) mass is 551 g/mol. The third-order valence-electron chi connectivity index (χ3n) is 4.99. The Morgan fingerprint density at radius 3 is 2.66 bits per heavy atom. The van der Waals surface area contributed by atoms with Crippen molar-refractivity contribution in [3.63, 3.8) is 0 Å². The summed E-state index contributed by atoms with van der Waals surface area (Å²) in [5.74, 6) is 3.34. The number of halogens is 1. The Kier molecular flexibility index (Phi) is 10.6. The molecule has 0 saturated carbocycles. The van der Waals surface area contributed by atoms with Crippen LogP contribution in [0.15, 0.2) is 47.5 Å². The first kappa shape index (κ1) is 25.8. The number of ether oxygens (including phenoxy) is 2. The van der Waals surface area contributed by atoms with E-state index in [0.29, 0.717) is 13.2 Å². The van der Waals surface area contributed by atoms with E-state index in [0.717, 1.165) is 60.4 Å². The number of hydrogen-bond donors (Lipinski definition) is 2. The zero-order chi connectivity index (χ0) is 22.1. The summed E-state index contributed by atoms with van der Waals surface area (Å²) in [6.07, 6.45) is 0.975. The molecule has 0 bridgehead atoms. The standard InChI is InChI=1S/C24H33N5O2.HI/c1-5-25-24(27-17-19-12-13-22(31-6-2)23(16-19)30-4)26-14-9-15-29-18(3)28-20-10-7-8-11-21(20)29;/h7-8,10-13,16H,5-6,9,14-15,17H2,1-4H3,(H2,25,26,27);1H. The highest BCUT2D eigenvalue weighted by Crippen LogP contribution is 2.28. The Bertz CT molecular complexity index is 1020. The summed E-state index contributed by atoms with van der Waals surface area (Å²) >= 11 is 0. The average molecular weight is 551 g/mol. The Balaban J connectivity index is 0.00000363. The highest BCUT2D eigenvalue weighted by molar-refractivity contribution is 14.0. The first-order chi connectivity index (χ1) is 15.2. The van der Waals surface area contributed by atoms with Crippen molar-refractivity contribution < 1.29 is 9.47 Å². The highest BCUT2D eigenvalue weighted by Gasteiger charge is 2.07. The van der Waals surface area contributed by atoms with E-state index in [2.05, 4.69) is 52.2 Å². The molecule has 2 aromatic carbocycles. The molecule has 0 spiro atoms. The fourth-order valence-electron chi connectivity index (χ4n) is 3.52. The Hall–Kier alpha value is -2.49. The summed E-state index contributed by atoms with van der Waals surface area (Å²) in [7, 11) is 1.65. The van der Waals surface area contributed by atoms with Crippen LogP contribution in [0.1, 0.15) is 31.7 Å². The third kappa shape index (κ3) is 6.75. The molecule has 0 atom stereocenters. The van der Waals surface area contributed by atoms with E-state index in [-0.39, 0.29) is 24.0 Å². The van der Waals surface area contributed by atoms with Gasteiger partial charge in [-0.15, -0.1) is 24.0 Å². The van der Waals surface area contributed by atoms with Gasteiger partial charge in [0.15, 0.2) is 17.5 Å². The summed E-state index contributed by atoms with van der Waals surface area (Å²) in [4.78, 5) is 9.35. The van der Waals surface area contributed by atoms with Crippen molar-refractivity contribution >= 4 is 41.0 Å². The molecule has 1 heterocycles. The summed E-state index contributed by atoms with van der Waals surface area (Å²) in [6.45, 7) is 9.80. The van der Waals surface area contributed by atoms with Crippen LogP contribution >= 0.6 is 24.0 Å². The Morgan fingerprint density at radius 2 is 1.91 bits per heavy atom. The van der Waals surface area contributed by atoms with Crippen LogP contribution in [0.4, 0.5) is 0 Å². The number of guanidine groups is 1. The quantitative estimate of drug-likeness (QED) is 0.168. The van der Waals surface area contributed by atoms with Gasteiger partial charge in [0.2, 0.25) is 0 Å². The lowest BCUT2D eigenvalue weighted by Gasteiger charge is -2.13. The highest BCUT2D eigenvalue weighted by atomic mass is 127. The number of benzene rings is 2. The molecule has 0 aliphatic carbocycles. The van der Waals surface area contributed by atoms with E-state index in [4.69, 9.17) is 14.5 Å². The molecule has 1 aromatic heterocycles. The van der Waals surface area contributed by atoms with Crippen LogP contribution in [0.25, 0.3) is 11.0 Å². The number of fused-ring (bicyclic) bond motifs is 1. The fourth-order valence-corrected chi connectivity index (χ4v) is 3.52. The van der Waals surface area contributed by atoms with Crippen molar-refractivity contribution in [3.05, 3.63) is 53.9 Å². The van der Waals surface area contributed by atoms with Gasteiger partial charge in [0, 0.05) is 19.6 Å². The van der Waals surface area contributed by atoms with E-state index >= 15 is 0 Å². The minimum Gasteiger partial charge on any atom is -0.493 e. The normalized spacial score (nSPS) is 11.2. The number of aliphatic imine (C=N–C) groups is 1. The molecule has 0 aliphatic rings. The zero-order valence-electron chi connectivity index (χ0n) is 19.4. The van der Waals surface area contributed by atoms with Crippen molar-refractivity contribution in [1.82, 2.24) is 20.2 Å². The summed E-state index contributed by atoms with van der Waals surface area (Å²) in [5.41, 5.74) is 3.30. The van der Waals surface area contributed by atoms with Crippen LogP contribution < -0.4 is 20.1 Å². The van der Waals surface area contributed by atoms with Gasteiger partial charge in [0.05, 0.1) is 31.3 Å². The van der Waals surface area contributed by atoms with E-state index < -0.39 is 0 Å². The predicted octanol–water partition coefficient (Wildman–Crippen LogP) is 4.52. The molecule has 0 aliphatic heterocycles. The minimum atomic E-state index is 0. The van der Waals surface area contributed by atoms with Gasteiger partial charge < -0.3 is 24.7 Å². The average Bonchev–Trinajstić information content (AvgIpc) is 3.10. The number of nitrogens with one attached hydrogen (secondary N) is 2. The molecular weight excluding hydrogens is 517 g/mol. The number of aromatic nitrogens is 2. The van der Waals surface area contributed by atoms with Crippen LogP contribution in [0.3, 0.4) is 0 Å². The van der Waals surface area contributed by atoms with E-state index in [1.165, 1.54) is 5.52 Å². The lowest BCUT2D eigenvalue weighted by molar-refractivity contribution is 0.310. The fraction of sp³-hybridized carbons (Fsp3) is 0.417. The lowest BCUT2D eigenvalue weighted by Crippen LogP contribution is -2.38. The Labute approximate surface area is 207 Å². The maximum atomic E-state index is 5.59. The molecule has 0 radical (unpaired) electrons. The molecule has 0 amide bonds. The second-order valence-corrected chi connectivity index (χ2v) is 7.19. The molecule has 7 nitrogen and oxygen atoms in total. The summed E-state index contributed by atoms with van der Waals surface area (Å²) in [6, 6.07) is 14.2. The van der Waals surface area contributed by atoms with E-state index in [1.807, 2.05) is 31.2 Å². The molecule has 2 N–H and O–H groups in total. The second-order valence-electron chi connectivity index (χ2n) is 7.19. The van der Waals surface area contributed by atoms with Crippen molar-refractivity contribution in [2.75, 3.05) is 26.8 Å². The van der Waals surface area contributed by atoms with Crippen LogP contribution in [0.2, 0.25) is 0 Å². The largest absolute Gasteiger partial charge is 0.493 e. The number of methoxy groups -OCH3 is 1. The van der Waals surface area contributed by atoms with E-state index in [9.17, 15) is 0 Å². The van der Waals surface area contributed by atoms with Crippen LogP contribution in [0, 0.1) is 6.92 Å². The van der Waals surface area contributed by atoms with E-state index in [1.54, 1.807) is 7.11 Å². The van der Waals surface area contributed by atoms with Crippen LogP contribution in [-0.4, -0.2) is 42.3 Å². The molecule has 3 aromatic rings. The van der Waals surface area contributed by atoms with Crippen molar-refractivity contribution in [2.45, 2.75) is 40.3 Å². The van der Waals surface area contributed by atoms with Gasteiger partial charge in [-0.3, -0.25) is 0 Å². The molecule has 174 valence electrons. The smallest absolute Gasteiger partial charge is 0.191 e. The summed E-state index contributed by atoms with van der Waals surface area (Å²) < 4.78 is 13.3. The topological polar surface area (TPSA) is 72.7 Å². The van der Waals surface area contributed by atoms with Gasteiger partial charge in [-0.25, -0.2) is 9.98 Å². The lowest BCUT2D eigenvalue weighted by atomic mass is 10.2. The van der Waals surface area contributed by atoms with Gasteiger partial charge in [0.25, 0.3) is 0 Å². The molecule has 3 rings (SSSR count). The van der Waals surface area contributed by atoms with Crippen molar-refractivity contribution in [3.8, 4) is 11.5 Å². The molecule has 32 heavy (non-hydrogen) atoms. The summed E-state index contributed by atoms with van der Waals surface area (Å²) in [5, 5.41) is 6.74. The molecule has 0 unspecified atom stereocenters. The predicted molar refractivity (Wildman–Crippen MR) is 141 cm³/mol. The molecule has 0 fully saturated rings. The van der Waals surface area contributed by atoms with Crippen molar-refractivity contribution in [2.24, 2.45) is 4.99 Å². The number of imidazole rings is 1. The molecule has 0 saturated heterocycles. The second kappa shape index (κ2) is 13.1.